The average molecular weight is 545 g/mol. The van der Waals surface area contributed by atoms with Crippen molar-refractivity contribution >= 4 is 0 Å². The van der Waals surface area contributed by atoms with Crippen LogP contribution in [0.3, 0.4) is 0 Å². The van der Waals surface area contributed by atoms with Gasteiger partial charge in [-0.15, -0.1) is 17.8 Å². The molecule has 3 atom stereocenters. The molecule has 3 aliphatic carbocycles. The van der Waals surface area contributed by atoms with E-state index < -0.39 is 0 Å². The third-order valence-electron chi connectivity index (χ3n) is 10.3. The predicted molar refractivity (Wildman–Crippen MR) is 176 cm³/mol. The van der Waals surface area contributed by atoms with Crippen molar-refractivity contribution in [3.63, 3.8) is 0 Å². The van der Waals surface area contributed by atoms with Gasteiger partial charge < -0.3 is 0 Å². The lowest BCUT2D eigenvalue weighted by Gasteiger charge is -2.48. The molecule has 40 heavy (non-hydrogen) atoms. The van der Waals surface area contributed by atoms with Crippen LogP contribution in [0.5, 0.6) is 0 Å². The van der Waals surface area contributed by atoms with Crippen LogP contribution in [0.25, 0.3) is 0 Å². The second kappa shape index (κ2) is 19.7. The molecule has 0 radical (unpaired) electrons. The van der Waals surface area contributed by atoms with Crippen molar-refractivity contribution in [1.82, 2.24) is 0 Å². The van der Waals surface area contributed by atoms with Crippen molar-refractivity contribution in [2.24, 2.45) is 22.7 Å². The van der Waals surface area contributed by atoms with Crippen LogP contribution in [0.1, 0.15) is 194 Å². The maximum atomic E-state index is 4.13. The summed E-state index contributed by atoms with van der Waals surface area (Å²) in [4.78, 5) is 0. The lowest BCUT2D eigenvalue weighted by Crippen LogP contribution is -2.46. The summed E-state index contributed by atoms with van der Waals surface area (Å²) < 4.78 is 0. The SMILES string of the molecule is CC(C)CCCCCCCCCCC1CCCCCCC#CC12CCCCCCC#CC21C#CCCCCCC1. The van der Waals surface area contributed by atoms with Crippen molar-refractivity contribution in [2.45, 2.75) is 194 Å². The summed E-state index contributed by atoms with van der Waals surface area (Å²) in [6.07, 6.45) is 36.8. The third kappa shape index (κ3) is 11.2. The van der Waals surface area contributed by atoms with Crippen LogP contribution in [0.2, 0.25) is 0 Å². The molecule has 2 spiro atoms. The number of unbranched alkanes of at least 4 members (excludes halogenated alkanes) is 7. The summed E-state index contributed by atoms with van der Waals surface area (Å²) in [6.45, 7) is 4.71. The zero-order valence-electron chi connectivity index (χ0n) is 27.0. The Balaban J connectivity index is 1.79. The maximum absolute atomic E-state index is 4.13. The first-order chi connectivity index (χ1) is 19.7. The minimum Gasteiger partial charge on any atom is -0.103 e. The first-order valence-corrected chi connectivity index (χ1v) is 18.2. The Hall–Kier alpha value is -1.32. The molecule has 0 N–H and O–H groups in total. The zero-order chi connectivity index (χ0) is 28.2. The van der Waals surface area contributed by atoms with Gasteiger partial charge in [-0.25, -0.2) is 0 Å². The summed E-state index contributed by atoms with van der Waals surface area (Å²) in [5, 5.41) is 0. The zero-order valence-corrected chi connectivity index (χ0v) is 27.0. The molecule has 0 heterocycles. The standard InChI is InChI=1S/C40H64/c1-37(2)29-21-13-5-3-4-6-14-22-30-38-31-23-15-7-8-19-27-35-40(38)36-28-20-12-11-18-26-34-39(40)32-24-16-9-10-17-25-33-39/h37-38H,3-24,28-32,36H2,1-2H3. The van der Waals surface area contributed by atoms with Crippen LogP contribution in [0.4, 0.5) is 0 Å². The van der Waals surface area contributed by atoms with E-state index in [0.29, 0.717) is 5.92 Å². The summed E-state index contributed by atoms with van der Waals surface area (Å²) in [6, 6.07) is 0. The van der Waals surface area contributed by atoms with Gasteiger partial charge in [0, 0.05) is 19.3 Å². The van der Waals surface area contributed by atoms with E-state index in [-0.39, 0.29) is 10.8 Å². The van der Waals surface area contributed by atoms with Crippen molar-refractivity contribution < 1.29 is 0 Å². The summed E-state index contributed by atoms with van der Waals surface area (Å²) in [5.41, 5.74) is -0.260. The maximum Gasteiger partial charge on any atom is 0.108 e. The molecule has 0 saturated heterocycles. The van der Waals surface area contributed by atoms with E-state index in [1.165, 1.54) is 154 Å². The highest BCUT2D eigenvalue weighted by Crippen LogP contribution is 2.55. The van der Waals surface area contributed by atoms with Crippen LogP contribution in [-0.2, 0) is 0 Å². The molecule has 0 amide bonds. The minimum atomic E-state index is -0.221. The Morgan fingerprint density at radius 1 is 0.525 bits per heavy atom. The number of fused-ring (bicyclic) bond motifs is 1. The molecule has 224 valence electrons. The number of hydrogen-bond donors (Lipinski definition) is 0. The molecule has 3 rings (SSSR count). The van der Waals surface area contributed by atoms with Crippen LogP contribution < -0.4 is 0 Å². The average Bonchev–Trinajstić information content (AvgIpc) is 3.07. The van der Waals surface area contributed by atoms with Crippen molar-refractivity contribution in [1.29, 1.82) is 0 Å². The number of rotatable bonds is 11. The van der Waals surface area contributed by atoms with Gasteiger partial charge in [0.2, 0.25) is 0 Å². The van der Waals surface area contributed by atoms with Crippen molar-refractivity contribution in [3.8, 4) is 35.5 Å². The molecular weight excluding hydrogens is 480 g/mol. The van der Waals surface area contributed by atoms with Crippen LogP contribution >= 0.6 is 0 Å². The van der Waals surface area contributed by atoms with E-state index in [1.807, 2.05) is 0 Å². The monoisotopic (exact) mass is 545 g/mol. The van der Waals surface area contributed by atoms with Gasteiger partial charge in [-0.1, -0.05) is 147 Å². The molecule has 0 aliphatic heterocycles. The Kier molecular flexibility index (Phi) is 16.4. The number of hydrogen-bond acceptors (Lipinski definition) is 0. The van der Waals surface area contributed by atoms with Gasteiger partial charge in [0.05, 0.1) is 5.41 Å². The van der Waals surface area contributed by atoms with Crippen molar-refractivity contribution in [2.75, 3.05) is 0 Å². The first-order valence-electron chi connectivity index (χ1n) is 18.2. The van der Waals surface area contributed by atoms with E-state index >= 15 is 0 Å². The van der Waals surface area contributed by atoms with Gasteiger partial charge in [0.15, 0.2) is 0 Å². The molecule has 0 nitrogen and oxygen atoms in total. The lowest BCUT2D eigenvalue weighted by atomic mass is 9.52. The second-order valence-corrected chi connectivity index (χ2v) is 14.1. The molecule has 0 fully saturated rings. The van der Waals surface area contributed by atoms with E-state index in [0.717, 1.165) is 31.6 Å². The molecule has 0 aromatic heterocycles. The van der Waals surface area contributed by atoms with Gasteiger partial charge in [-0.05, 0) is 56.8 Å². The van der Waals surface area contributed by atoms with Crippen molar-refractivity contribution in [3.05, 3.63) is 0 Å². The summed E-state index contributed by atoms with van der Waals surface area (Å²) in [5.74, 6) is 24.9. The van der Waals surface area contributed by atoms with Gasteiger partial charge in [-0.2, -0.15) is 0 Å². The highest BCUT2D eigenvalue weighted by atomic mass is 14.5. The highest BCUT2D eigenvalue weighted by molar-refractivity contribution is 5.38. The van der Waals surface area contributed by atoms with Gasteiger partial charge >= 0.3 is 0 Å². The minimum absolute atomic E-state index is 0.0393. The van der Waals surface area contributed by atoms with E-state index in [2.05, 4.69) is 49.4 Å². The molecular formula is C40H64. The van der Waals surface area contributed by atoms with E-state index in [9.17, 15) is 0 Å². The molecule has 0 heteroatoms. The Morgan fingerprint density at radius 3 is 1.65 bits per heavy atom. The smallest absolute Gasteiger partial charge is 0.103 e. The van der Waals surface area contributed by atoms with Crippen LogP contribution in [0, 0.1) is 58.2 Å². The quantitative estimate of drug-likeness (QED) is 0.179. The Morgan fingerprint density at radius 2 is 1.02 bits per heavy atom. The topological polar surface area (TPSA) is 0 Å². The van der Waals surface area contributed by atoms with Crippen LogP contribution in [0.15, 0.2) is 0 Å². The van der Waals surface area contributed by atoms with Gasteiger partial charge in [0.1, 0.15) is 5.41 Å². The molecule has 0 aromatic carbocycles. The van der Waals surface area contributed by atoms with Gasteiger partial charge in [-0.3, -0.25) is 0 Å². The fourth-order valence-corrected chi connectivity index (χ4v) is 7.81. The predicted octanol–water partition coefficient (Wildman–Crippen LogP) is 12.2. The molecule has 0 bridgehead atoms. The second-order valence-electron chi connectivity index (χ2n) is 14.1. The Bertz CT molecular complexity index is 859. The fourth-order valence-electron chi connectivity index (χ4n) is 7.81. The highest BCUT2D eigenvalue weighted by Gasteiger charge is 2.52. The van der Waals surface area contributed by atoms with Gasteiger partial charge in [0.25, 0.3) is 0 Å². The molecule has 0 aromatic rings. The normalized spacial score (nSPS) is 28.1. The fraction of sp³-hybridized carbons (Fsp3) is 0.850. The van der Waals surface area contributed by atoms with E-state index in [1.54, 1.807) is 0 Å². The summed E-state index contributed by atoms with van der Waals surface area (Å²) in [7, 11) is 0. The Labute approximate surface area is 251 Å². The van der Waals surface area contributed by atoms with E-state index in [4.69, 9.17) is 0 Å². The van der Waals surface area contributed by atoms with Crippen LogP contribution in [-0.4, -0.2) is 0 Å². The summed E-state index contributed by atoms with van der Waals surface area (Å²) >= 11 is 0. The molecule has 3 aliphatic rings. The first kappa shape index (κ1) is 33.2. The molecule has 3 unspecified atom stereocenters. The largest absolute Gasteiger partial charge is 0.108 e. The third-order valence-corrected chi connectivity index (χ3v) is 10.3. The lowest BCUT2D eigenvalue weighted by molar-refractivity contribution is 0.0832. The molecule has 0 saturated carbocycles.